The van der Waals surface area contributed by atoms with E-state index in [-0.39, 0.29) is 0 Å². The van der Waals surface area contributed by atoms with Gasteiger partial charge in [0.2, 0.25) is 0 Å². The van der Waals surface area contributed by atoms with Crippen LogP contribution in [0.25, 0.3) is 0 Å². The Kier molecular flexibility index (Phi) is 7.76. The second kappa shape index (κ2) is 8.94. The fourth-order valence-corrected chi connectivity index (χ4v) is 9.14. The Morgan fingerprint density at radius 1 is 0.962 bits per heavy atom. The largest absolute Gasteiger partial charge is 0.378 e. The molecule has 2 heteroatoms. The third-order valence-corrected chi connectivity index (χ3v) is 11.6. The number of hydrogen-bond acceptors (Lipinski definition) is 1. The minimum atomic E-state index is -1.72. The smallest absolute Gasteiger partial charge is 0.146 e. The van der Waals surface area contributed by atoms with Gasteiger partial charge in [0.15, 0.2) is 0 Å². The van der Waals surface area contributed by atoms with Crippen molar-refractivity contribution in [2.75, 3.05) is 0 Å². The SMILES string of the molecule is CCc1cc(C#CC(C)(C)O)ccc1C#C[Si](C(C)C)(C(C)C)C(C)C. The van der Waals surface area contributed by atoms with Crippen LogP contribution in [0.5, 0.6) is 0 Å². The molecular formula is C24H36OSi. The molecular weight excluding hydrogens is 332 g/mol. The van der Waals surface area contributed by atoms with Crippen LogP contribution in [0.1, 0.15) is 79.0 Å². The topological polar surface area (TPSA) is 20.2 Å². The monoisotopic (exact) mass is 368 g/mol. The van der Waals surface area contributed by atoms with Gasteiger partial charge in [-0.05, 0) is 60.7 Å². The first-order valence-corrected chi connectivity index (χ1v) is 12.1. The molecule has 142 valence electrons. The quantitative estimate of drug-likeness (QED) is 0.515. The van der Waals surface area contributed by atoms with Gasteiger partial charge in [-0.1, -0.05) is 66.2 Å². The number of aryl methyl sites for hydroxylation is 1. The van der Waals surface area contributed by atoms with Crippen molar-refractivity contribution in [3.8, 4) is 23.3 Å². The van der Waals surface area contributed by atoms with Crippen LogP contribution in [0.4, 0.5) is 0 Å². The normalized spacial score (nSPS) is 12.0. The Bertz CT molecular complexity index is 706. The fraction of sp³-hybridized carbons (Fsp3) is 0.583. The molecule has 0 aromatic heterocycles. The van der Waals surface area contributed by atoms with Crippen LogP contribution in [0.15, 0.2) is 18.2 Å². The maximum Gasteiger partial charge on any atom is 0.146 e. The molecule has 0 spiro atoms. The molecule has 0 aliphatic carbocycles. The average Bonchev–Trinajstić information content (AvgIpc) is 2.52. The van der Waals surface area contributed by atoms with Crippen LogP contribution in [0.3, 0.4) is 0 Å². The molecule has 0 aliphatic heterocycles. The number of aliphatic hydroxyl groups is 1. The Morgan fingerprint density at radius 2 is 1.50 bits per heavy atom. The highest BCUT2D eigenvalue weighted by molar-refractivity contribution is 6.90. The molecule has 1 rings (SSSR count). The summed E-state index contributed by atoms with van der Waals surface area (Å²) in [6, 6.07) is 6.23. The molecule has 0 heterocycles. The zero-order chi connectivity index (χ0) is 20.1. The van der Waals surface area contributed by atoms with Gasteiger partial charge in [0, 0.05) is 11.1 Å². The summed E-state index contributed by atoms with van der Waals surface area (Å²) in [4.78, 5) is 0. The Morgan fingerprint density at radius 3 is 1.92 bits per heavy atom. The van der Waals surface area contributed by atoms with Crippen molar-refractivity contribution in [3.63, 3.8) is 0 Å². The lowest BCUT2D eigenvalue weighted by Gasteiger charge is -2.38. The van der Waals surface area contributed by atoms with E-state index < -0.39 is 13.7 Å². The van der Waals surface area contributed by atoms with E-state index in [1.54, 1.807) is 13.8 Å². The van der Waals surface area contributed by atoms with Crippen LogP contribution < -0.4 is 0 Å². The molecule has 0 atom stereocenters. The molecule has 1 aromatic rings. The second-order valence-electron chi connectivity index (χ2n) is 8.68. The van der Waals surface area contributed by atoms with Crippen molar-refractivity contribution in [3.05, 3.63) is 34.9 Å². The summed E-state index contributed by atoms with van der Waals surface area (Å²) in [5.41, 5.74) is 8.05. The molecule has 0 fully saturated rings. The lowest BCUT2D eigenvalue weighted by molar-refractivity contribution is 0.143. The van der Waals surface area contributed by atoms with Gasteiger partial charge in [0.05, 0.1) is 0 Å². The minimum absolute atomic E-state index is 0.636. The standard InChI is InChI=1S/C24H36OSi/c1-10-22-17-21(13-15-24(8,9)25)11-12-23(22)14-16-26(18(2)3,19(4)5)20(6)7/h11-12,17-20,25H,10H2,1-9H3. The molecule has 0 radical (unpaired) electrons. The van der Waals surface area contributed by atoms with E-state index in [4.69, 9.17) is 0 Å². The van der Waals surface area contributed by atoms with Crippen LogP contribution in [-0.4, -0.2) is 18.8 Å². The number of rotatable bonds is 4. The van der Waals surface area contributed by atoms with Gasteiger partial charge >= 0.3 is 0 Å². The van der Waals surface area contributed by atoms with E-state index in [0.717, 1.165) is 17.5 Å². The van der Waals surface area contributed by atoms with Gasteiger partial charge in [-0.25, -0.2) is 0 Å². The van der Waals surface area contributed by atoms with Crippen molar-refractivity contribution in [2.45, 2.75) is 91.0 Å². The van der Waals surface area contributed by atoms with Crippen molar-refractivity contribution < 1.29 is 5.11 Å². The molecule has 26 heavy (non-hydrogen) atoms. The molecule has 0 unspecified atom stereocenters. The maximum atomic E-state index is 9.80. The Hall–Kier alpha value is -1.48. The van der Waals surface area contributed by atoms with E-state index in [1.807, 2.05) is 6.07 Å². The lowest BCUT2D eigenvalue weighted by Crippen LogP contribution is -2.43. The van der Waals surface area contributed by atoms with Crippen molar-refractivity contribution >= 4 is 8.07 Å². The summed E-state index contributed by atoms with van der Waals surface area (Å²) in [5.74, 6) is 9.52. The van der Waals surface area contributed by atoms with Crippen LogP contribution in [-0.2, 0) is 6.42 Å². The van der Waals surface area contributed by atoms with E-state index in [2.05, 4.69) is 83.9 Å². The molecule has 1 nitrogen and oxygen atoms in total. The zero-order valence-electron chi connectivity index (χ0n) is 18.1. The minimum Gasteiger partial charge on any atom is -0.378 e. The number of hydrogen-bond donors (Lipinski definition) is 1. The lowest BCUT2D eigenvalue weighted by atomic mass is 10.0. The summed E-state index contributed by atoms with van der Waals surface area (Å²) in [7, 11) is -1.72. The summed E-state index contributed by atoms with van der Waals surface area (Å²) in [6.07, 6.45) is 0.932. The van der Waals surface area contributed by atoms with E-state index in [1.165, 1.54) is 5.56 Å². The van der Waals surface area contributed by atoms with Gasteiger partial charge in [-0.3, -0.25) is 0 Å². The van der Waals surface area contributed by atoms with Crippen molar-refractivity contribution in [1.82, 2.24) is 0 Å². The predicted octanol–water partition coefficient (Wildman–Crippen LogP) is 5.94. The van der Waals surface area contributed by atoms with Crippen LogP contribution in [0, 0.1) is 23.3 Å². The molecule has 0 bridgehead atoms. The fourth-order valence-electron chi connectivity index (χ4n) is 3.92. The van der Waals surface area contributed by atoms with E-state index in [0.29, 0.717) is 16.6 Å². The zero-order valence-corrected chi connectivity index (χ0v) is 19.1. The molecule has 1 aromatic carbocycles. The van der Waals surface area contributed by atoms with Crippen molar-refractivity contribution in [1.29, 1.82) is 0 Å². The molecule has 0 amide bonds. The van der Waals surface area contributed by atoms with Crippen molar-refractivity contribution in [2.24, 2.45) is 0 Å². The third kappa shape index (κ3) is 5.50. The third-order valence-electron chi connectivity index (χ3n) is 5.28. The first kappa shape index (κ1) is 22.6. The van der Waals surface area contributed by atoms with Crippen LogP contribution in [0.2, 0.25) is 16.6 Å². The number of benzene rings is 1. The van der Waals surface area contributed by atoms with Crippen LogP contribution >= 0.6 is 0 Å². The van der Waals surface area contributed by atoms with Gasteiger partial charge in [0.1, 0.15) is 13.7 Å². The van der Waals surface area contributed by atoms with E-state index in [9.17, 15) is 5.11 Å². The Labute approximate surface area is 162 Å². The first-order chi connectivity index (χ1) is 11.9. The summed E-state index contributed by atoms with van der Waals surface area (Å²) in [6.45, 7) is 19.6. The molecule has 0 aliphatic rings. The average molecular weight is 369 g/mol. The van der Waals surface area contributed by atoms with Gasteiger partial charge in [-0.2, -0.15) is 0 Å². The highest BCUT2D eigenvalue weighted by Crippen LogP contribution is 2.40. The van der Waals surface area contributed by atoms with Gasteiger partial charge in [-0.15, -0.1) is 5.54 Å². The highest BCUT2D eigenvalue weighted by Gasteiger charge is 2.41. The van der Waals surface area contributed by atoms with Gasteiger partial charge < -0.3 is 5.11 Å². The molecule has 1 N–H and O–H groups in total. The maximum absolute atomic E-state index is 9.80. The van der Waals surface area contributed by atoms with E-state index >= 15 is 0 Å². The Balaban J connectivity index is 3.37. The second-order valence-corrected chi connectivity index (χ2v) is 14.3. The highest BCUT2D eigenvalue weighted by atomic mass is 28.3. The summed E-state index contributed by atoms with van der Waals surface area (Å²) >= 11 is 0. The predicted molar refractivity (Wildman–Crippen MR) is 117 cm³/mol. The first-order valence-electron chi connectivity index (χ1n) is 9.85. The summed E-state index contributed by atoms with van der Waals surface area (Å²) in [5, 5.41) is 9.80. The molecule has 0 saturated heterocycles. The van der Waals surface area contributed by atoms with Gasteiger partial charge in [0.25, 0.3) is 0 Å². The summed E-state index contributed by atoms with van der Waals surface area (Å²) < 4.78 is 0. The molecule has 0 saturated carbocycles.